The molecule has 1 heterocycles. The van der Waals surface area contributed by atoms with Crippen molar-refractivity contribution in [3.63, 3.8) is 0 Å². The average Bonchev–Trinajstić information content (AvgIpc) is 2.98. The van der Waals surface area contributed by atoms with Crippen LogP contribution in [0.3, 0.4) is 0 Å². The Hall–Kier alpha value is -2.28. The molecule has 2 aromatic rings. The number of ether oxygens (including phenoxy) is 2. The molecule has 1 aromatic heterocycles. The Bertz CT molecular complexity index is 518. The van der Waals surface area contributed by atoms with Gasteiger partial charge in [-0.25, -0.2) is 0 Å². The number of benzene rings is 1. The summed E-state index contributed by atoms with van der Waals surface area (Å²) in [6, 6.07) is 3.56. The van der Waals surface area contributed by atoms with E-state index in [1.165, 1.54) is 14.2 Å². The standard InChI is InChI=1S/C13H18N4O3/c1-19-11-7-10(8-12(20-2)13(11)18)9-14-3-5-17-6-4-15-16-17/h4,6-8,14,18H,3,5,9H2,1-2H3. The molecule has 0 aliphatic rings. The molecule has 2 N–H and O–H groups in total. The number of rotatable bonds is 7. The van der Waals surface area contributed by atoms with Gasteiger partial charge in [0.2, 0.25) is 5.75 Å². The highest BCUT2D eigenvalue weighted by atomic mass is 16.5. The van der Waals surface area contributed by atoms with E-state index in [0.29, 0.717) is 18.0 Å². The van der Waals surface area contributed by atoms with Crippen LogP contribution in [0.1, 0.15) is 5.56 Å². The van der Waals surface area contributed by atoms with E-state index < -0.39 is 0 Å². The number of aromatic hydroxyl groups is 1. The average molecular weight is 278 g/mol. The van der Waals surface area contributed by atoms with Crippen molar-refractivity contribution in [2.24, 2.45) is 0 Å². The van der Waals surface area contributed by atoms with Crippen LogP contribution in [0.25, 0.3) is 0 Å². The highest BCUT2D eigenvalue weighted by Crippen LogP contribution is 2.36. The van der Waals surface area contributed by atoms with Crippen molar-refractivity contribution in [1.82, 2.24) is 20.3 Å². The van der Waals surface area contributed by atoms with Gasteiger partial charge >= 0.3 is 0 Å². The van der Waals surface area contributed by atoms with E-state index >= 15 is 0 Å². The molecule has 7 heteroatoms. The molecule has 108 valence electrons. The molecule has 0 saturated carbocycles. The summed E-state index contributed by atoms with van der Waals surface area (Å²) in [5.74, 6) is 0.816. The number of nitrogens with one attached hydrogen (secondary N) is 1. The van der Waals surface area contributed by atoms with Crippen LogP contribution in [0.4, 0.5) is 0 Å². The SMILES string of the molecule is COc1cc(CNCCn2ccnn2)cc(OC)c1O. The topological polar surface area (TPSA) is 81.4 Å². The largest absolute Gasteiger partial charge is 0.502 e. The van der Waals surface area contributed by atoms with Gasteiger partial charge in [0.05, 0.1) is 27.0 Å². The number of nitrogens with zero attached hydrogens (tertiary/aromatic N) is 3. The van der Waals surface area contributed by atoms with Gasteiger partial charge in [-0.2, -0.15) is 0 Å². The first-order valence-corrected chi connectivity index (χ1v) is 6.23. The smallest absolute Gasteiger partial charge is 0.200 e. The lowest BCUT2D eigenvalue weighted by molar-refractivity contribution is 0.339. The third-order valence-electron chi connectivity index (χ3n) is 2.86. The molecule has 0 amide bonds. The number of phenols is 1. The summed E-state index contributed by atoms with van der Waals surface area (Å²) in [4.78, 5) is 0. The molecule has 0 aliphatic carbocycles. The summed E-state index contributed by atoms with van der Waals surface area (Å²) in [5.41, 5.74) is 0.968. The van der Waals surface area contributed by atoms with Gasteiger partial charge in [0, 0.05) is 19.3 Å². The fourth-order valence-corrected chi connectivity index (χ4v) is 1.83. The molecule has 0 fully saturated rings. The summed E-state index contributed by atoms with van der Waals surface area (Å²) in [5, 5.41) is 20.7. The van der Waals surface area contributed by atoms with E-state index in [2.05, 4.69) is 15.6 Å². The maximum atomic E-state index is 9.82. The second kappa shape index (κ2) is 6.76. The lowest BCUT2D eigenvalue weighted by Gasteiger charge is -2.11. The summed E-state index contributed by atoms with van der Waals surface area (Å²) in [6.07, 6.45) is 3.46. The van der Waals surface area contributed by atoms with Crippen LogP contribution in [0.15, 0.2) is 24.5 Å². The number of aromatic nitrogens is 3. The third kappa shape index (κ3) is 3.39. The maximum Gasteiger partial charge on any atom is 0.200 e. The van der Waals surface area contributed by atoms with Crippen molar-refractivity contribution in [2.75, 3.05) is 20.8 Å². The molecule has 0 unspecified atom stereocenters. The van der Waals surface area contributed by atoms with Crippen molar-refractivity contribution in [3.8, 4) is 17.2 Å². The first-order valence-electron chi connectivity index (χ1n) is 6.23. The van der Waals surface area contributed by atoms with Gasteiger partial charge in [0.15, 0.2) is 11.5 Å². The molecular weight excluding hydrogens is 260 g/mol. The van der Waals surface area contributed by atoms with Crippen LogP contribution in [0.2, 0.25) is 0 Å². The molecule has 20 heavy (non-hydrogen) atoms. The molecule has 1 aromatic carbocycles. The zero-order valence-corrected chi connectivity index (χ0v) is 11.5. The normalized spacial score (nSPS) is 10.5. The first-order chi connectivity index (χ1) is 9.74. The molecule has 0 bridgehead atoms. The Labute approximate surface area is 117 Å². The zero-order chi connectivity index (χ0) is 14.4. The fourth-order valence-electron chi connectivity index (χ4n) is 1.83. The van der Waals surface area contributed by atoms with Crippen molar-refractivity contribution < 1.29 is 14.6 Å². The summed E-state index contributed by atoms with van der Waals surface area (Å²) in [7, 11) is 3.02. The molecule has 0 radical (unpaired) electrons. The van der Waals surface area contributed by atoms with E-state index in [9.17, 15) is 5.11 Å². The Morgan fingerprint density at radius 2 is 1.95 bits per heavy atom. The minimum atomic E-state index is 0.0152. The Morgan fingerprint density at radius 1 is 1.25 bits per heavy atom. The molecule has 0 saturated heterocycles. The first kappa shape index (κ1) is 14.1. The quantitative estimate of drug-likeness (QED) is 0.729. The molecule has 0 atom stereocenters. The summed E-state index contributed by atoms with van der Waals surface area (Å²) >= 11 is 0. The molecular formula is C13H18N4O3. The third-order valence-corrected chi connectivity index (χ3v) is 2.86. The number of hydrogen-bond donors (Lipinski definition) is 2. The van der Waals surface area contributed by atoms with E-state index in [4.69, 9.17) is 9.47 Å². The van der Waals surface area contributed by atoms with Gasteiger partial charge in [-0.15, -0.1) is 5.10 Å². The van der Waals surface area contributed by atoms with Gasteiger partial charge in [0.25, 0.3) is 0 Å². The lowest BCUT2D eigenvalue weighted by Crippen LogP contribution is -2.19. The van der Waals surface area contributed by atoms with Crippen molar-refractivity contribution in [2.45, 2.75) is 13.1 Å². The zero-order valence-electron chi connectivity index (χ0n) is 11.5. The van der Waals surface area contributed by atoms with Crippen LogP contribution >= 0.6 is 0 Å². The number of methoxy groups -OCH3 is 2. The van der Waals surface area contributed by atoms with E-state index in [-0.39, 0.29) is 5.75 Å². The van der Waals surface area contributed by atoms with Crippen molar-refractivity contribution >= 4 is 0 Å². The minimum Gasteiger partial charge on any atom is -0.502 e. The minimum absolute atomic E-state index is 0.0152. The molecule has 0 aliphatic heterocycles. The highest BCUT2D eigenvalue weighted by molar-refractivity contribution is 5.52. The predicted molar refractivity (Wildman–Crippen MR) is 72.9 cm³/mol. The number of hydrogen-bond acceptors (Lipinski definition) is 6. The monoisotopic (exact) mass is 278 g/mol. The van der Waals surface area contributed by atoms with Crippen LogP contribution in [-0.2, 0) is 13.1 Å². The van der Waals surface area contributed by atoms with Gasteiger partial charge in [-0.3, -0.25) is 4.68 Å². The number of phenolic OH excluding ortho intramolecular Hbond substituents is 1. The lowest BCUT2D eigenvalue weighted by atomic mass is 10.2. The Balaban J connectivity index is 1.92. The van der Waals surface area contributed by atoms with Gasteiger partial charge in [-0.1, -0.05) is 5.21 Å². The molecule has 0 spiro atoms. The van der Waals surface area contributed by atoms with E-state index in [1.54, 1.807) is 23.0 Å². The summed E-state index contributed by atoms with van der Waals surface area (Å²) in [6.45, 7) is 2.14. The maximum absolute atomic E-state index is 9.82. The molecule has 7 nitrogen and oxygen atoms in total. The Morgan fingerprint density at radius 3 is 2.50 bits per heavy atom. The molecule has 2 rings (SSSR count). The fraction of sp³-hybridized carbons (Fsp3) is 0.385. The van der Waals surface area contributed by atoms with Crippen LogP contribution < -0.4 is 14.8 Å². The second-order valence-corrected chi connectivity index (χ2v) is 4.19. The van der Waals surface area contributed by atoms with Crippen LogP contribution in [0, 0.1) is 0 Å². The van der Waals surface area contributed by atoms with Crippen LogP contribution in [0.5, 0.6) is 17.2 Å². The summed E-state index contributed by atoms with van der Waals surface area (Å²) < 4.78 is 12.0. The van der Waals surface area contributed by atoms with E-state index in [0.717, 1.165) is 18.7 Å². The van der Waals surface area contributed by atoms with Crippen LogP contribution in [-0.4, -0.2) is 40.9 Å². The van der Waals surface area contributed by atoms with Crippen molar-refractivity contribution in [3.05, 3.63) is 30.1 Å². The van der Waals surface area contributed by atoms with Gasteiger partial charge in [-0.05, 0) is 17.7 Å². The Kier molecular flexibility index (Phi) is 4.78. The van der Waals surface area contributed by atoms with Crippen molar-refractivity contribution in [1.29, 1.82) is 0 Å². The van der Waals surface area contributed by atoms with Gasteiger partial charge in [0.1, 0.15) is 0 Å². The highest BCUT2D eigenvalue weighted by Gasteiger charge is 2.10. The second-order valence-electron chi connectivity index (χ2n) is 4.19. The van der Waals surface area contributed by atoms with Gasteiger partial charge < -0.3 is 19.9 Å². The predicted octanol–water partition coefficient (Wildman–Crippen LogP) is 0.791. The van der Waals surface area contributed by atoms with E-state index in [1.807, 2.05) is 6.20 Å².